The third-order valence-electron chi connectivity index (χ3n) is 8.80. The van der Waals surface area contributed by atoms with Crippen LogP contribution in [0.25, 0.3) is 0 Å². The van der Waals surface area contributed by atoms with Crippen LogP contribution < -0.4 is 0 Å². The lowest BCUT2D eigenvalue weighted by Crippen LogP contribution is -2.55. The van der Waals surface area contributed by atoms with Crippen molar-refractivity contribution in [3.8, 4) is 0 Å². The molecule has 2 fully saturated rings. The Morgan fingerprint density at radius 1 is 1.25 bits per heavy atom. The van der Waals surface area contributed by atoms with E-state index in [9.17, 15) is 4.79 Å². The first-order valence-electron chi connectivity index (χ1n) is 10.8. The molecule has 5 atom stereocenters. The van der Waals surface area contributed by atoms with Crippen LogP contribution in [0.1, 0.15) is 72.1 Å². The minimum absolute atomic E-state index is 0.0339. The number of methoxy groups -OCH3 is 1. The van der Waals surface area contributed by atoms with E-state index >= 15 is 0 Å². The molecule has 4 aliphatic rings. The van der Waals surface area contributed by atoms with Gasteiger partial charge in [-0.05, 0) is 68.3 Å². The van der Waals surface area contributed by atoms with Crippen molar-refractivity contribution in [3.05, 3.63) is 41.4 Å². The van der Waals surface area contributed by atoms with Crippen LogP contribution in [0.4, 0.5) is 0 Å². The number of carbonyl (C=O) groups is 1. The van der Waals surface area contributed by atoms with Crippen molar-refractivity contribution in [3.63, 3.8) is 0 Å². The highest BCUT2D eigenvalue weighted by molar-refractivity contribution is 5.67. The van der Waals surface area contributed by atoms with Crippen LogP contribution in [-0.2, 0) is 14.3 Å². The SMILES string of the molecule is C=C=C[C@]1(OC(C)=O)CC[C@H]2[C@@H]3CCC4=C(CC=C(OC)C4)[C@@]3(C)CC[C@@]21C. The summed E-state index contributed by atoms with van der Waals surface area (Å²) in [4.78, 5) is 12.0. The molecule has 0 bridgehead atoms. The molecular formula is C25H34O3. The molecule has 4 aliphatic carbocycles. The molecule has 0 N–H and O–H groups in total. The molecule has 4 rings (SSSR count). The van der Waals surface area contributed by atoms with Gasteiger partial charge in [-0.3, -0.25) is 4.79 Å². The summed E-state index contributed by atoms with van der Waals surface area (Å²) in [7, 11) is 1.79. The predicted molar refractivity (Wildman–Crippen MR) is 110 cm³/mol. The highest BCUT2D eigenvalue weighted by atomic mass is 16.6. The maximum absolute atomic E-state index is 12.0. The second-order valence-corrected chi connectivity index (χ2v) is 9.79. The van der Waals surface area contributed by atoms with Crippen molar-refractivity contribution in [1.29, 1.82) is 0 Å². The third kappa shape index (κ3) is 2.59. The molecule has 0 aromatic carbocycles. The van der Waals surface area contributed by atoms with Crippen molar-refractivity contribution in [1.82, 2.24) is 0 Å². The highest BCUT2D eigenvalue weighted by Crippen LogP contribution is 2.69. The zero-order valence-corrected chi connectivity index (χ0v) is 17.9. The van der Waals surface area contributed by atoms with Gasteiger partial charge in [0.05, 0.1) is 12.9 Å². The third-order valence-corrected chi connectivity index (χ3v) is 8.80. The fourth-order valence-corrected chi connectivity index (χ4v) is 7.34. The van der Waals surface area contributed by atoms with Gasteiger partial charge >= 0.3 is 5.97 Å². The minimum Gasteiger partial charge on any atom is -0.501 e. The summed E-state index contributed by atoms with van der Waals surface area (Å²) in [5.74, 6) is 2.15. The molecule has 0 radical (unpaired) electrons. The maximum atomic E-state index is 12.0. The van der Waals surface area contributed by atoms with Gasteiger partial charge in [0.15, 0.2) is 0 Å². The van der Waals surface area contributed by atoms with E-state index in [0.717, 1.165) is 44.3 Å². The number of carbonyl (C=O) groups excluding carboxylic acids is 1. The van der Waals surface area contributed by atoms with Crippen LogP contribution in [0.5, 0.6) is 0 Å². The largest absolute Gasteiger partial charge is 0.501 e. The number of ether oxygens (including phenoxy) is 2. The predicted octanol–water partition coefficient (Wildman–Crippen LogP) is 5.88. The number of allylic oxidation sites excluding steroid dienone is 3. The standard InChI is InChI=1S/C25H34O3/c1-6-12-25(28-17(2)26)13-11-22-21-9-7-18-16-19(27-5)8-10-20(18)23(21,3)14-15-24(22,25)4/h8,12,21-22H,1,7,9-11,13-16H2,2-5H3/t21-,22-,23+,24-,25-/m0/s1. The number of hydrogen-bond acceptors (Lipinski definition) is 3. The lowest BCUT2D eigenvalue weighted by Gasteiger charge is -2.58. The van der Waals surface area contributed by atoms with Crippen LogP contribution in [-0.4, -0.2) is 18.7 Å². The summed E-state index contributed by atoms with van der Waals surface area (Å²) in [6, 6.07) is 0. The molecule has 28 heavy (non-hydrogen) atoms. The van der Waals surface area contributed by atoms with E-state index in [0.29, 0.717) is 11.8 Å². The highest BCUT2D eigenvalue weighted by Gasteiger charge is 2.65. The van der Waals surface area contributed by atoms with E-state index in [1.807, 2.05) is 6.08 Å². The fraction of sp³-hybridized carbons (Fsp3) is 0.680. The van der Waals surface area contributed by atoms with Crippen LogP contribution >= 0.6 is 0 Å². The monoisotopic (exact) mass is 382 g/mol. The second-order valence-electron chi connectivity index (χ2n) is 9.79. The first kappa shape index (κ1) is 19.6. The van der Waals surface area contributed by atoms with Gasteiger partial charge in [0.25, 0.3) is 0 Å². The number of esters is 1. The molecule has 0 unspecified atom stereocenters. The molecule has 0 saturated heterocycles. The first-order valence-corrected chi connectivity index (χ1v) is 10.8. The Hall–Kier alpha value is -1.73. The van der Waals surface area contributed by atoms with Gasteiger partial charge in [0.2, 0.25) is 0 Å². The average molecular weight is 383 g/mol. The van der Waals surface area contributed by atoms with Gasteiger partial charge in [0.1, 0.15) is 5.60 Å². The van der Waals surface area contributed by atoms with Crippen molar-refractivity contribution >= 4 is 5.97 Å². The maximum Gasteiger partial charge on any atom is 0.303 e. The summed E-state index contributed by atoms with van der Waals surface area (Å²) >= 11 is 0. The molecule has 0 spiro atoms. The van der Waals surface area contributed by atoms with Crippen molar-refractivity contribution in [2.45, 2.75) is 77.7 Å². The Morgan fingerprint density at radius 3 is 2.71 bits per heavy atom. The molecule has 0 heterocycles. The molecule has 152 valence electrons. The van der Waals surface area contributed by atoms with Crippen LogP contribution in [0.3, 0.4) is 0 Å². The van der Waals surface area contributed by atoms with Gasteiger partial charge < -0.3 is 9.47 Å². The van der Waals surface area contributed by atoms with E-state index in [1.165, 1.54) is 19.8 Å². The summed E-state index contributed by atoms with van der Waals surface area (Å²) in [5.41, 5.74) is 5.95. The molecule has 0 amide bonds. The van der Waals surface area contributed by atoms with E-state index in [2.05, 4.69) is 32.2 Å². The van der Waals surface area contributed by atoms with Crippen molar-refractivity contribution in [2.75, 3.05) is 7.11 Å². The van der Waals surface area contributed by atoms with Gasteiger partial charge in [0, 0.05) is 24.8 Å². The zero-order valence-electron chi connectivity index (χ0n) is 17.9. The van der Waals surface area contributed by atoms with Crippen LogP contribution in [0, 0.1) is 22.7 Å². The molecule has 0 aromatic heterocycles. The second kappa shape index (κ2) is 6.66. The Kier molecular flexibility index (Phi) is 4.66. The van der Waals surface area contributed by atoms with Crippen molar-refractivity contribution in [2.24, 2.45) is 22.7 Å². The molecule has 3 heteroatoms. The fourth-order valence-electron chi connectivity index (χ4n) is 7.34. The number of fused-ring (bicyclic) bond motifs is 4. The molecule has 0 aromatic rings. The van der Waals surface area contributed by atoms with E-state index in [4.69, 9.17) is 9.47 Å². The summed E-state index contributed by atoms with van der Waals surface area (Å²) in [6.07, 6.45) is 12.9. The van der Waals surface area contributed by atoms with E-state index in [1.54, 1.807) is 18.3 Å². The van der Waals surface area contributed by atoms with Gasteiger partial charge in [-0.2, -0.15) is 0 Å². The number of rotatable bonds is 3. The van der Waals surface area contributed by atoms with Gasteiger partial charge in [-0.25, -0.2) is 0 Å². The normalized spacial score (nSPS) is 41.8. The lowest BCUT2D eigenvalue weighted by atomic mass is 9.47. The molecule has 0 aliphatic heterocycles. The summed E-state index contributed by atoms with van der Waals surface area (Å²) in [6.45, 7) is 10.2. The zero-order chi connectivity index (χ0) is 20.2. The van der Waals surface area contributed by atoms with Crippen LogP contribution in [0.15, 0.2) is 41.4 Å². The Labute approximate surface area is 169 Å². The number of hydrogen-bond donors (Lipinski definition) is 0. The van der Waals surface area contributed by atoms with E-state index < -0.39 is 5.60 Å². The molecule has 2 saturated carbocycles. The van der Waals surface area contributed by atoms with Gasteiger partial charge in [-0.1, -0.05) is 31.6 Å². The first-order chi connectivity index (χ1) is 13.3. The van der Waals surface area contributed by atoms with Crippen LogP contribution in [0.2, 0.25) is 0 Å². The average Bonchev–Trinajstić information content (AvgIpc) is 2.93. The smallest absolute Gasteiger partial charge is 0.303 e. The topological polar surface area (TPSA) is 35.5 Å². The Morgan fingerprint density at radius 2 is 2.04 bits per heavy atom. The summed E-state index contributed by atoms with van der Waals surface area (Å²) in [5, 5.41) is 0. The minimum atomic E-state index is -0.545. The Bertz CT molecular complexity index is 799. The van der Waals surface area contributed by atoms with Gasteiger partial charge in [-0.15, -0.1) is 5.73 Å². The van der Waals surface area contributed by atoms with Crippen molar-refractivity contribution < 1.29 is 14.3 Å². The lowest BCUT2D eigenvalue weighted by molar-refractivity contribution is -0.170. The quantitative estimate of drug-likeness (QED) is 0.347. The Balaban J connectivity index is 1.70. The summed E-state index contributed by atoms with van der Waals surface area (Å²) < 4.78 is 11.6. The van der Waals surface area contributed by atoms with E-state index in [-0.39, 0.29) is 16.8 Å². The molecule has 3 nitrogen and oxygen atoms in total. The molecular weight excluding hydrogens is 348 g/mol.